The number of rotatable bonds is 6. The first-order valence-corrected chi connectivity index (χ1v) is 6.67. The van der Waals surface area contributed by atoms with Crippen LogP contribution in [-0.2, 0) is 4.79 Å². The second-order valence-electron chi connectivity index (χ2n) is 4.70. The number of β-amino-alcohol motifs (C(OH)–C–C–N with tert-alkyl or cyclic N) is 1. The van der Waals surface area contributed by atoms with Gasteiger partial charge in [-0.05, 0) is 6.42 Å². The van der Waals surface area contributed by atoms with Gasteiger partial charge in [-0.1, -0.05) is 6.92 Å². The minimum atomic E-state index is -0.903. The number of amides is 2. The van der Waals surface area contributed by atoms with Gasteiger partial charge in [0.2, 0.25) is 0 Å². The largest absolute Gasteiger partial charge is 0.481 e. The molecule has 1 rings (SSSR count). The summed E-state index contributed by atoms with van der Waals surface area (Å²) in [6.07, 6.45) is 0.551. The normalized spacial score (nSPS) is 18.1. The van der Waals surface area contributed by atoms with Gasteiger partial charge in [-0.3, -0.25) is 9.69 Å². The van der Waals surface area contributed by atoms with Gasteiger partial charge in [-0.2, -0.15) is 0 Å². The predicted octanol–water partition coefficient (Wildman–Crippen LogP) is -0.441. The van der Waals surface area contributed by atoms with Gasteiger partial charge in [0.1, 0.15) is 0 Å². The number of nitrogens with one attached hydrogen (secondary N) is 1. The second kappa shape index (κ2) is 7.96. The molecule has 3 N–H and O–H groups in total. The molecule has 7 nitrogen and oxygen atoms in total. The van der Waals surface area contributed by atoms with Crippen molar-refractivity contribution in [3.8, 4) is 0 Å². The number of aliphatic hydroxyl groups excluding tert-OH is 1. The molecule has 0 aromatic heterocycles. The molecule has 0 aliphatic carbocycles. The van der Waals surface area contributed by atoms with Crippen molar-refractivity contribution in [1.82, 2.24) is 15.1 Å². The maximum atomic E-state index is 12.0. The predicted molar refractivity (Wildman–Crippen MR) is 70.0 cm³/mol. The number of hydrogen-bond donors (Lipinski definition) is 3. The molecule has 0 spiro atoms. The Morgan fingerprint density at radius 1 is 1.26 bits per heavy atom. The maximum absolute atomic E-state index is 12.0. The molecule has 1 heterocycles. The first-order chi connectivity index (χ1) is 9.06. The van der Waals surface area contributed by atoms with Crippen LogP contribution in [0.25, 0.3) is 0 Å². The van der Waals surface area contributed by atoms with Gasteiger partial charge in [0, 0.05) is 38.8 Å². The highest BCUT2D eigenvalue weighted by atomic mass is 16.4. The van der Waals surface area contributed by atoms with Crippen LogP contribution in [0, 0.1) is 0 Å². The summed E-state index contributed by atoms with van der Waals surface area (Å²) in [6.45, 7) is 5.31. The summed E-state index contributed by atoms with van der Waals surface area (Å²) in [6, 6.07) is -0.516. The van der Waals surface area contributed by atoms with E-state index < -0.39 is 5.97 Å². The molecule has 0 radical (unpaired) electrons. The maximum Gasteiger partial charge on any atom is 0.317 e. The summed E-state index contributed by atoms with van der Waals surface area (Å²) in [4.78, 5) is 26.4. The third kappa shape index (κ3) is 5.44. The van der Waals surface area contributed by atoms with Crippen LogP contribution in [0.1, 0.15) is 19.8 Å². The van der Waals surface area contributed by atoms with Gasteiger partial charge in [0.25, 0.3) is 0 Å². The topological polar surface area (TPSA) is 93.1 Å². The number of carbonyl (C=O) groups is 2. The highest BCUT2D eigenvalue weighted by Gasteiger charge is 2.22. The first kappa shape index (κ1) is 15.7. The molecule has 1 fully saturated rings. The lowest BCUT2D eigenvalue weighted by Gasteiger charge is -2.35. The third-order valence-corrected chi connectivity index (χ3v) is 3.32. The van der Waals surface area contributed by atoms with E-state index in [0.717, 1.165) is 13.1 Å². The minimum absolute atomic E-state index is 0.0489. The van der Waals surface area contributed by atoms with E-state index in [9.17, 15) is 9.59 Å². The van der Waals surface area contributed by atoms with E-state index in [-0.39, 0.29) is 25.1 Å². The summed E-state index contributed by atoms with van der Waals surface area (Å²) in [5.74, 6) is -0.903. The zero-order valence-corrected chi connectivity index (χ0v) is 11.3. The van der Waals surface area contributed by atoms with Crippen LogP contribution in [0.2, 0.25) is 0 Å². The van der Waals surface area contributed by atoms with E-state index in [4.69, 9.17) is 10.2 Å². The molecule has 110 valence electrons. The lowest BCUT2D eigenvalue weighted by molar-refractivity contribution is -0.137. The fourth-order valence-corrected chi connectivity index (χ4v) is 2.09. The van der Waals surface area contributed by atoms with E-state index in [2.05, 4.69) is 10.2 Å². The van der Waals surface area contributed by atoms with Crippen molar-refractivity contribution in [1.29, 1.82) is 0 Å². The molecular weight excluding hydrogens is 250 g/mol. The monoisotopic (exact) mass is 273 g/mol. The number of hydrogen-bond acceptors (Lipinski definition) is 4. The molecule has 1 atom stereocenters. The standard InChI is InChI=1S/C12H23N3O4/c1-2-10(9-11(17)18)13-12(19)15-5-3-14(4-6-15)7-8-16/h10,16H,2-9H2,1H3,(H,13,19)(H,17,18). The number of carbonyl (C=O) groups excluding carboxylic acids is 1. The van der Waals surface area contributed by atoms with Crippen LogP contribution in [-0.4, -0.2) is 77.4 Å². The Morgan fingerprint density at radius 3 is 2.37 bits per heavy atom. The van der Waals surface area contributed by atoms with Gasteiger partial charge in [-0.25, -0.2) is 4.79 Å². The average Bonchev–Trinajstić information content (AvgIpc) is 2.38. The van der Waals surface area contributed by atoms with Crippen LogP contribution in [0.5, 0.6) is 0 Å². The molecule has 19 heavy (non-hydrogen) atoms. The Kier molecular flexibility index (Phi) is 6.58. The van der Waals surface area contributed by atoms with E-state index in [1.54, 1.807) is 4.90 Å². The lowest BCUT2D eigenvalue weighted by Crippen LogP contribution is -2.53. The summed E-state index contributed by atoms with van der Waals surface area (Å²) in [5.41, 5.74) is 0. The summed E-state index contributed by atoms with van der Waals surface area (Å²) < 4.78 is 0. The molecule has 1 aliphatic heterocycles. The summed E-state index contributed by atoms with van der Waals surface area (Å²) in [5, 5.41) is 20.3. The van der Waals surface area contributed by atoms with E-state index in [1.807, 2.05) is 6.92 Å². The Bertz CT molecular complexity index is 303. The Balaban J connectivity index is 2.35. The molecular formula is C12H23N3O4. The highest BCUT2D eigenvalue weighted by Crippen LogP contribution is 2.04. The van der Waals surface area contributed by atoms with E-state index >= 15 is 0 Å². The zero-order chi connectivity index (χ0) is 14.3. The van der Waals surface area contributed by atoms with Gasteiger partial charge in [0.15, 0.2) is 0 Å². The van der Waals surface area contributed by atoms with Crippen molar-refractivity contribution >= 4 is 12.0 Å². The van der Waals surface area contributed by atoms with Crippen molar-refractivity contribution in [2.75, 3.05) is 39.3 Å². The second-order valence-corrected chi connectivity index (χ2v) is 4.70. The van der Waals surface area contributed by atoms with Crippen molar-refractivity contribution in [3.63, 3.8) is 0 Å². The van der Waals surface area contributed by atoms with Gasteiger partial charge < -0.3 is 20.4 Å². The van der Waals surface area contributed by atoms with Crippen LogP contribution in [0.15, 0.2) is 0 Å². The number of carboxylic acid groups (broad SMARTS) is 1. The number of carboxylic acids is 1. The Morgan fingerprint density at radius 2 is 1.89 bits per heavy atom. The third-order valence-electron chi connectivity index (χ3n) is 3.32. The number of nitrogens with zero attached hydrogens (tertiary/aromatic N) is 2. The molecule has 7 heteroatoms. The van der Waals surface area contributed by atoms with Crippen LogP contribution in [0.3, 0.4) is 0 Å². The Labute approximate surface area is 113 Å². The number of urea groups is 1. The summed E-state index contributed by atoms with van der Waals surface area (Å²) in [7, 11) is 0. The molecule has 1 saturated heterocycles. The fourth-order valence-electron chi connectivity index (χ4n) is 2.09. The van der Waals surface area contributed by atoms with Gasteiger partial charge in [0.05, 0.1) is 13.0 Å². The van der Waals surface area contributed by atoms with Gasteiger partial charge >= 0.3 is 12.0 Å². The van der Waals surface area contributed by atoms with Crippen molar-refractivity contribution in [2.24, 2.45) is 0 Å². The van der Waals surface area contributed by atoms with Gasteiger partial charge in [-0.15, -0.1) is 0 Å². The lowest BCUT2D eigenvalue weighted by atomic mass is 10.1. The van der Waals surface area contributed by atoms with E-state index in [1.165, 1.54) is 0 Å². The highest BCUT2D eigenvalue weighted by molar-refractivity contribution is 5.76. The van der Waals surface area contributed by atoms with Crippen molar-refractivity contribution in [2.45, 2.75) is 25.8 Å². The number of aliphatic hydroxyl groups is 1. The smallest absolute Gasteiger partial charge is 0.317 e. The Hall–Kier alpha value is -1.34. The SMILES string of the molecule is CCC(CC(=O)O)NC(=O)N1CCN(CCO)CC1. The average molecular weight is 273 g/mol. The molecule has 0 aromatic carbocycles. The molecule has 1 unspecified atom stereocenters. The molecule has 1 aliphatic rings. The van der Waals surface area contributed by atoms with Crippen molar-refractivity contribution in [3.05, 3.63) is 0 Å². The molecule has 0 saturated carbocycles. The molecule has 0 bridgehead atoms. The molecule has 0 aromatic rings. The van der Waals surface area contributed by atoms with Crippen molar-refractivity contribution < 1.29 is 19.8 Å². The fraction of sp³-hybridized carbons (Fsp3) is 0.833. The summed E-state index contributed by atoms with van der Waals surface area (Å²) >= 11 is 0. The minimum Gasteiger partial charge on any atom is -0.481 e. The van der Waals surface area contributed by atoms with Crippen LogP contribution >= 0.6 is 0 Å². The first-order valence-electron chi connectivity index (χ1n) is 6.67. The van der Waals surface area contributed by atoms with E-state index in [0.29, 0.717) is 26.1 Å². The number of piperazine rings is 1. The molecule has 2 amide bonds. The van der Waals surface area contributed by atoms with Crippen LogP contribution < -0.4 is 5.32 Å². The zero-order valence-electron chi connectivity index (χ0n) is 11.3. The quantitative estimate of drug-likeness (QED) is 0.610. The van der Waals surface area contributed by atoms with Crippen LogP contribution in [0.4, 0.5) is 4.79 Å². The number of aliphatic carboxylic acids is 1.